The molecule has 2 atom stereocenters. The van der Waals surface area contributed by atoms with Crippen LogP contribution in [0.15, 0.2) is 85.6 Å². The lowest BCUT2D eigenvalue weighted by molar-refractivity contribution is -0.0366. The molecule has 7 nitrogen and oxygen atoms in total. The van der Waals surface area contributed by atoms with Gasteiger partial charge in [0.05, 0.1) is 18.1 Å². The van der Waals surface area contributed by atoms with Crippen molar-refractivity contribution in [2.75, 3.05) is 5.32 Å². The molecule has 0 bridgehead atoms. The lowest BCUT2D eigenvalue weighted by atomic mass is 9.86. The van der Waals surface area contributed by atoms with Gasteiger partial charge in [0.25, 0.3) is 0 Å². The van der Waals surface area contributed by atoms with Crippen molar-refractivity contribution in [1.82, 2.24) is 24.5 Å². The normalized spacial score (nSPS) is 14.1. The standard InChI is InChI=1S/C26H24F2N6O/c1-18(26(35,15-33-17-29-16-31-33)23-9-7-21(27)12-24(23)28)34-14-20-11-22(8-10-25(20)32-34)30-13-19-5-3-2-4-6-19/h2-12,14,16-18,30,35H,13,15H2,1H3/t18-,26-/m1/s1. The number of hydrogen-bond acceptors (Lipinski definition) is 5. The van der Waals surface area contributed by atoms with E-state index in [2.05, 4.69) is 32.6 Å². The highest BCUT2D eigenvalue weighted by molar-refractivity contribution is 5.82. The number of anilines is 1. The van der Waals surface area contributed by atoms with Crippen LogP contribution in [0.5, 0.6) is 0 Å². The summed E-state index contributed by atoms with van der Waals surface area (Å²) in [5.74, 6) is -1.56. The molecular weight excluding hydrogens is 450 g/mol. The van der Waals surface area contributed by atoms with E-state index < -0.39 is 23.3 Å². The van der Waals surface area contributed by atoms with Gasteiger partial charge in [-0.3, -0.25) is 4.68 Å². The number of nitrogens with one attached hydrogen (secondary N) is 1. The van der Waals surface area contributed by atoms with Crippen LogP contribution in [-0.2, 0) is 18.7 Å². The van der Waals surface area contributed by atoms with Crippen LogP contribution >= 0.6 is 0 Å². The maximum Gasteiger partial charge on any atom is 0.137 e. The number of aromatic nitrogens is 5. The molecule has 2 N–H and O–H groups in total. The molecule has 0 amide bonds. The smallest absolute Gasteiger partial charge is 0.137 e. The van der Waals surface area contributed by atoms with Gasteiger partial charge >= 0.3 is 0 Å². The van der Waals surface area contributed by atoms with E-state index in [-0.39, 0.29) is 12.1 Å². The van der Waals surface area contributed by atoms with Crippen molar-refractivity contribution >= 4 is 16.6 Å². The average molecular weight is 475 g/mol. The zero-order chi connectivity index (χ0) is 24.4. The van der Waals surface area contributed by atoms with E-state index >= 15 is 0 Å². The predicted octanol–water partition coefficient (Wildman–Crippen LogP) is 4.67. The predicted molar refractivity (Wildman–Crippen MR) is 128 cm³/mol. The van der Waals surface area contributed by atoms with Gasteiger partial charge in [0.1, 0.15) is 29.9 Å². The largest absolute Gasteiger partial charge is 0.381 e. The lowest BCUT2D eigenvalue weighted by Gasteiger charge is -2.34. The molecule has 9 heteroatoms. The summed E-state index contributed by atoms with van der Waals surface area (Å²) in [6.45, 7) is 2.31. The summed E-state index contributed by atoms with van der Waals surface area (Å²) < 4.78 is 31.5. The maximum atomic E-state index is 14.8. The second-order valence-electron chi connectivity index (χ2n) is 8.54. The fourth-order valence-electron chi connectivity index (χ4n) is 4.22. The van der Waals surface area contributed by atoms with Crippen LogP contribution in [0.1, 0.15) is 24.1 Å². The first-order chi connectivity index (χ1) is 16.9. The van der Waals surface area contributed by atoms with Crippen LogP contribution < -0.4 is 5.32 Å². The minimum absolute atomic E-state index is 0.0494. The number of fused-ring (bicyclic) bond motifs is 1. The molecule has 0 unspecified atom stereocenters. The first kappa shape index (κ1) is 22.7. The molecule has 5 rings (SSSR count). The van der Waals surface area contributed by atoms with Crippen molar-refractivity contribution in [2.24, 2.45) is 0 Å². The number of halogens is 2. The highest BCUT2D eigenvalue weighted by Crippen LogP contribution is 2.37. The van der Waals surface area contributed by atoms with Crippen LogP contribution in [0, 0.1) is 11.6 Å². The SMILES string of the molecule is C[C@@H](n1cc2cc(NCc3ccccc3)ccc2n1)[C@](O)(Cn1cncn1)c1ccc(F)cc1F. The Bertz CT molecular complexity index is 1440. The molecule has 0 aliphatic rings. The minimum Gasteiger partial charge on any atom is -0.381 e. The maximum absolute atomic E-state index is 14.8. The topological polar surface area (TPSA) is 80.8 Å². The Morgan fingerprint density at radius 1 is 1.06 bits per heavy atom. The second kappa shape index (κ2) is 9.27. The highest BCUT2D eigenvalue weighted by atomic mass is 19.1. The molecule has 3 aromatic carbocycles. The Morgan fingerprint density at radius 2 is 1.89 bits per heavy atom. The third kappa shape index (κ3) is 4.63. The zero-order valence-corrected chi connectivity index (χ0v) is 19.0. The number of benzene rings is 3. The average Bonchev–Trinajstić information content (AvgIpc) is 3.52. The van der Waals surface area contributed by atoms with E-state index in [1.54, 1.807) is 17.8 Å². The molecule has 2 aromatic heterocycles. The molecule has 5 aromatic rings. The van der Waals surface area contributed by atoms with Crippen molar-refractivity contribution in [3.8, 4) is 0 Å². The third-order valence-corrected chi connectivity index (χ3v) is 6.22. The molecule has 0 aliphatic heterocycles. The Kier molecular flexibility index (Phi) is 6.00. The van der Waals surface area contributed by atoms with Crippen LogP contribution in [0.3, 0.4) is 0 Å². The van der Waals surface area contributed by atoms with Crippen LogP contribution in [0.25, 0.3) is 10.9 Å². The molecule has 2 heterocycles. The number of hydrogen-bond donors (Lipinski definition) is 2. The number of nitrogens with zero attached hydrogens (tertiary/aromatic N) is 5. The molecule has 0 fully saturated rings. The van der Waals surface area contributed by atoms with E-state index in [9.17, 15) is 13.9 Å². The van der Waals surface area contributed by atoms with Gasteiger partial charge in [-0.15, -0.1) is 0 Å². The van der Waals surface area contributed by atoms with Gasteiger partial charge in [-0.1, -0.05) is 36.4 Å². The van der Waals surface area contributed by atoms with Gasteiger partial charge in [-0.2, -0.15) is 10.2 Å². The monoisotopic (exact) mass is 474 g/mol. The van der Waals surface area contributed by atoms with Crippen LogP contribution in [0.2, 0.25) is 0 Å². The molecule has 0 saturated heterocycles. The van der Waals surface area contributed by atoms with E-state index in [0.717, 1.165) is 34.3 Å². The quantitative estimate of drug-likeness (QED) is 0.342. The van der Waals surface area contributed by atoms with Gasteiger partial charge in [-0.05, 0) is 36.8 Å². The number of rotatable bonds is 8. The molecule has 0 saturated carbocycles. The summed E-state index contributed by atoms with van der Waals surface area (Å²) in [4.78, 5) is 3.91. The molecule has 0 aliphatic carbocycles. The van der Waals surface area contributed by atoms with Crippen molar-refractivity contribution in [2.45, 2.75) is 31.7 Å². The Hall–Kier alpha value is -4.11. The summed E-state index contributed by atoms with van der Waals surface area (Å²) in [5.41, 5.74) is 0.978. The Morgan fingerprint density at radius 3 is 2.63 bits per heavy atom. The molecule has 0 radical (unpaired) electrons. The highest BCUT2D eigenvalue weighted by Gasteiger charge is 2.40. The van der Waals surface area contributed by atoms with Crippen molar-refractivity contribution in [3.63, 3.8) is 0 Å². The molecule has 0 spiro atoms. The Balaban J connectivity index is 1.47. The van der Waals surface area contributed by atoms with Crippen LogP contribution in [0.4, 0.5) is 14.5 Å². The van der Waals surface area contributed by atoms with Crippen molar-refractivity contribution in [1.29, 1.82) is 0 Å². The first-order valence-corrected chi connectivity index (χ1v) is 11.2. The fraction of sp³-hybridized carbons (Fsp3) is 0.192. The van der Waals surface area contributed by atoms with Crippen molar-refractivity contribution < 1.29 is 13.9 Å². The van der Waals surface area contributed by atoms with Crippen molar-refractivity contribution in [3.05, 3.63) is 108 Å². The third-order valence-electron chi connectivity index (χ3n) is 6.22. The van der Waals surface area contributed by atoms with E-state index in [0.29, 0.717) is 6.54 Å². The van der Waals surface area contributed by atoms with Gasteiger partial charge in [0, 0.05) is 35.4 Å². The van der Waals surface area contributed by atoms with Gasteiger partial charge in [0.2, 0.25) is 0 Å². The summed E-state index contributed by atoms with van der Waals surface area (Å²) in [6.07, 6.45) is 4.57. The van der Waals surface area contributed by atoms with Gasteiger partial charge in [-0.25, -0.2) is 18.4 Å². The molecular formula is C26H24F2N6O. The zero-order valence-electron chi connectivity index (χ0n) is 19.0. The minimum atomic E-state index is -1.79. The van der Waals surface area contributed by atoms with Gasteiger partial charge < -0.3 is 10.4 Å². The summed E-state index contributed by atoms with van der Waals surface area (Å²) >= 11 is 0. The lowest BCUT2D eigenvalue weighted by Crippen LogP contribution is -2.40. The van der Waals surface area contributed by atoms with E-state index in [1.165, 1.54) is 23.4 Å². The summed E-state index contributed by atoms with van der Waals surface area (Å²) in [6, 6.07) is 18.3. The first-order valence-electron chi connectivity index (χ1n) is 11.2. The molecule has 178 valence electrons. The van der Waals surface area contributed by atoms with E-state index in [4.69, 9.17) is 0 Å². The van der Waals surface area contributed by atoms with Crippen LogP contribution in [-0.4, -0.2) is 29.7 Å². The number of aliphatic hydroxyl groups is 1. The summed E-state index contributed by atoms with van der Waals surface area (Å²) in [5, 5.41) is 24.8. The molecule has 35 heavy (non-hydrogen) atoms. The van der Waals surface area contributed by atoms with E-state index in [1.807, 2.05) is 36.4 Å². The summed E-state index contributed by atoms with van der Waals surface area (Å²) in [7, 11) is 0. The fourth-order valence-corrected chi connectivity index (χ4v) is 4.22. The van der Waals surface area contributed by atoms with Gasteiger partial charge in [0.15, 0.2) is 0 Å². The second-order valence-corrected chi connectivity index (χ2v) is 8.54. The Labute approximate surface area is 200 Å².